The molecule has 0 amide bonds. The molecule has 3 aromatic rings. The van der Waals surface area contributed by atoms with Crippen molar-refractivity contribution < 1.29 is 13.2 Å². The first-order valence-electron chi connectivity index (χ1n) is 7.19. The molecule has 3 rings (SSSR count). The quantitative estimate of drug-likeness (QED) is 0.750. The van der Waals surface area contributed by atoms with E-state index < -0.39 is 9.84 Å². The van der Waals surface area contributed by atoms with E-state index in [2.05, 4.69) is 20.5 Å². The molecule has 0 radical (unpaired) electrons. The van der Waals surface area contributed by atoms with Crippen LogP contribution in [0.2, 0.25) is 0 Å². The van der Waals surface area contributed by atoms with Gasteiger partial charge in [0.05, 0.1) is 13.2 Å². The van der Waals surface area contributed by atoms with Gasteiger partial charge < -0.3 is 10.1 Å². The Bertz CT molecular complexity index is 984. The normalized spacial score (nSPS) is 13.0. The summed E-state index contributed by atoms with van der Waals surface area (Å²) in [5, 5.41) is 11.1. The zero-order valence-corrected chi connectivity index (χ0v) is 14.3. The van der Waals surface area contributed by atoms with Crippen LogP contribution in [0.15, 0.2) is 41.8 Å². The van der Waals surface area contributed by atoms with E-state index in [-0.39, 0.29) is 10.9 Å². The topological polar surface area (TPSA) is 98.5 Å². The fraction of sp³-hybridized carbons (Fsp3) is 0.267. The van der Waals surface area contributed by atoms with Crippen LogP contribution < -0.4 is 10.1 Å². The summed E-state index contributed by atoms with van der Waals surface area (Å²) in [6.45, 7) is 1.94. The van der Waals surface area contributed by atoms with Gasteiger partial charge in [0.1, 0.15) is 17.0 Å². The van der Waals surface area contributed by atoms with E-state index >= 15 is 0 Å². The van der Waals surface area contributed by atoms with E-state index in [4.69, 9.17) is 4.74 Å². The van der Waals surface area contributed by atoms with E-state index in [0.717, 1.165) is 11.8 Å². The van der Waals surface area contributed by atoms with E-state index in [1.807, 2.05) is 6.92 Å². The molecule has 0 saturated carbocycles. The Hall–Kier alpha value is -2.68. The summed E-state index contributed by atoms with van der Waals surface area (Å²) < 4.78 is 30.5. The fourth-order valence-electron chi connectivity index (χ4n) is 2.41. The standard InChI is InChI=1S/C15H17N5O3S/c1-10(18-14-15-19-17-9-20(15)7-6-16-14)11-4-5-13(24(3,21)22)12(8-11)23-2/h4-10H,1-3H3,(H,16,18). The van der Waals surface area contributed by atoms with E-state index in [1.165, 1.54) is 7.11 Å². The van der Waals surface area contributed by atoms with Gasteiger partial charge in [0.25, 0.3) is 0 Å². The molecule has 0 fully saturated rings. The van der Waals surface area contributed by atoms with Gasteiger partial charge in [-0.25, -0.2) is 13.4 Å². The molecule has 0 aliphatic heterocycles. The summed E-state index contributed by atoms with van der Waals surface area (Å²) in [6.07, 6.45) is 6.16. The van der Waals surface area contributed by atoms with Crippen molar-refractivity contribution in [3.8, 4) is 5.75 Å². The lowest BCUT2D eigenvalue weighted by atomic mass is 10.1. The third-order valence-electron chi connectivity index (χ3n) is 3.66. The Morgan fingerprint density at radius 3 is 2.83 bits per heavy atom. The van der Waals surface area contributed by atoms with Crippen molar-refractivity contribution in [1.82, 2.24) is 19.6 Å². The number of methoxy groups -OCH3 is 1. The van der Waals surface area contributed by atoms with Gasteiger partial charge in [-0.1, -0.05) is 6.07 Å². The van der Waals surface area contributed by atoms with Crippen LogP contribution in [0.5, 0.6) is 5.75 Å². The predicted molar refractivity (Wildman–Crippen MR) is 88.9 cm³/mol. The number of rotatable bonds is 5. The molecule has 0 aliphatic carbocycles. The minimum absolute atomic E-state index is 0.136. The number of hydrogen-bond donors (Lipinski definition) is 1. The van der Waals surface area contributed by atoms with Crippen LogP contribution in [-0.4, -0.2) is 41.4 Å². The monoisotopic (exact) mass is 347 g/mol. The number of aromatic nitrogens is 4. The molecule has 0 saturated heterocycles. The summed E-state index contributed by atoms with van der Waals surface area (Å²) in [5.74, 6) is 0.908. The van der Waals surface area contributed by atoms with Crippen molar-refractivity contribution in [2.45, 2.75) is 17.9 Å². The number of nitrogens with zero attached hydrogens (tertiary/aromatic N) is 4. The summed E-state index contributed by atoms with van der Waals surface area (Å²) >= 11 is 0. The highest BCUT2D eigenvalue weighted by molar-refractivity contribution is 7.90. The second-order valence-electron chi connectivity index (χ2n) is 5.39. The molecule has 24 heavy (non-hydrogen) atoms. The highest BCUT2D eigenvalue weighted by Crippen LogP contribution is 2.29. The number of sulfone groups is 1. The largest absolute Gasteiger partial charge is 0.495 e. The molecule has 1 unspecified atom stereocenters. The maximum atomic E-state index is 11.8. The molecular formula is C15H17N5O3S. The number of anilines is 1. The van der Waals surface area contributed by atoms with Crippen molar-refractivity contribution in [2.75, 3.05) is 18.7 Å². The average Bonchev–Trinajstić information content (AvgIpc) is 3.03. The number of ether oxygens (including phenoxy) is 1. The lowest BCUT2D eigenvalue weighted by Gasteiger charge is -2.17. The molecule has 8 nitrogen and oxygen atoms in total. The Labute approximate surface area is 139 Å². The summed E-state index contributed by atoms with van der Waals surface area (Å²) in [6, 6.07) is 4.87. The molecule has 2 heterocycles. The first kappa shape index (κ1) is 16.2. The second kappa shape index (κ2) is 6.08. The molecule has 1 atom stereocenters. The molecule has 0 bridgehead atoms. The van der Waals surface area contributed by atoms with Crippen LogP contribution in [0.4, 0.5) is 5.82 Å². The third kappa shape index (κ3) is 3.02. The maximum Gasteiger partial charge on any atom is 0.203 e. The average molecular weight is 347 g/mol. The summed E-state index contributed by atoms with van der Waals surface area (Å²) in [5.41, 5.74) is 1.48. The first-order chi connectivity index (χ1) is 11.4. The van der Waals surface area contributed by atoms with Crippen molar-refractivity contribution in [3.63, 3.8) is 0 Å². The molecule has 0 spiro atoms. The molecule has 2 aromatic heterocycles. The molecular weight excluding hydrogens is 330 g/mol. The van der Waals surface area contributed by atoms with Crippen molar-refractivity contribution in [2.24, 2.45) is 0 Å². The minimum atomic E-state index is -3.35. The molecule has 126 valence electrons. The maximum absolute atomic E-state index is 11.8. The molecule has 1 N–H and O–H groups in total. The van der Waals surface area contributed by atoms with Crippen LogP contribution in [0.25, 0.3) is 5.65 Å². The van der Waals surface area contributed by atoms with E-state index in [9.17, 15) is 8.42 Å². The Kier molecular flexibility index (Phi) is 4.10. The van der Waals surface area contributed by atoms with Crippen LogP contribution in [-0.2, 0) is 9.84 Å². The van der Waals surface area contributed by atoms with Crippen LogP contribution in [0.1, 0.15) is 18.5 Å². The smallest absolute Gasteiger partial charge is 0.203 e. The van der Waals surface area contributed by atoms with Gasteiger partial charge in [-0.2, -0.15) is 0 Å². The van der Waals surface area contributed by atoms with E-state index in [1.54, 1.807) is 41.3 Å². The molecule has 9 heteroatoms. The van der Waals surface area contributed by atoms with Crippen LogP contribution in [0.3, 0.4) is 0 Å². The van der Waals surface area contributed by atoms with Gasteiger partial charge in [-0.15, -0.1) is 10.2 Å². The number of nitrogens with one attached hydrogen (secondary N) is 1. The predicted octanol–water partition coefficient (Wildman–Crippen LogP) is 1.71. The van der Waals surface area contributed by atoms with Gasteiger partial charge in [0.15, 0.2) is 15.7 Å². The Morgan fingerprint density at radius 2 is 2.12 bits per heavy atom. The van der Waals surface area contributed by atoms with Gasteiger partial charge in [-0.3, -0.25) is 4.40 Å². The van der Waals surface area contributed by atoms with Gasteiger partial charge in [0.2, 0.25) is 5.65 Å². The van der Waals surface area contributed by atoms with Gasteiger partial charge >= 0.3 is 0 Å². The number of hydrogen-bond acceptors (Lipinski definition) is 7. The lowest BCUT2D eigenvalue weighted by Crippen LogP contribution is -2.10. The second-order valence-corrected chi connectivity index (χ2v) is 7.37. The zero-order chi connectivity index (χ0) is 17.3. The number of fused-ring (bicyclic) bond motifs is 1. The van der Waals surface area contributed by atoms with Crippen molar-refractivity contribution in [1.29, 1.82) is 0 Å². The first-order valence-corrected chi connectivity index (χ1v) is 9.08. The molecule has 1 aromatic carbocycles. The van der Waals surface area contributed by atoms with Gasteiger partial charge in [0, 0.05) is 18.6 Å². The number of benzene rings is 1. The highest BCUT2D eigenvalue weighted by atomic mass is 32.2. The molecule has 0 aliphatic rings. The SMILES string of the molecule is COc1cc(C(C)Nc2nccn3cnnc23)ccc1S(C)(=O)=O. The summed E-state index contributed by atoms with van der Waals surface area (Å²) in [7, 11) is -1.90. The zero-order valence-electron chi connectivity index (χ0n) is 13.5. The Morgan fingerprint density at radius 1 is 1.33 bits per heavy atom. The van der Waals surface area contributed by atoms with Crippen molar-refractivity contribution in [3.05, 3.63) is 42.5 Å². The lowest BCUT2D eigenvalue weighted by molar-refractivity contribution is 0.402. The van der Waals surface area contributed by atoms with Crippen molar-refractivity contribution >= 4 is 21.3 Å². The van der Waals surface area contributed by atoms with Gasteiger partial charge in [-0.05, 0) is 24.6 Å². The summed E-state index contributed by atoms with van der Waals surface area (Å²) in [4.78, 5) is 4.45. The fourth-order valence-corrected chi connectivity index (χ4v) is 3.23. The van der Waals surface area contributed by atoms with Crippen LogP contribution in [0, 0.1) is 0 Å². The van der Waals surface area contributed by atoms with E-state index in [0.29, 0.717) is 17.2 Å². The minimum Gasteiger partial charge on any atom is -0.495 e. The third-order valence-corrected chi connectivity index (χ3v) is 4.79. The van der Waals surface area contributed by atoms with Crippen LogP contribution >= 0.6 is 0 Å². The Balaban J connectivity index is 1.93. The highest BCUT2D eigenvalue weighted by Gasteiger charge is 2.17.